The quantitative estimate of drug-likeness (QED) is 0.315. The normalized spacial score (nSPS) is 12.7. The van der Waals surface area contributed by atoms with E-state index in [1.54, 1.807) is 55.5 Å². The second-order valence-electron chi connectivity index (χ2n) is 6.05. The molecule has 2 aromatic carbocycles. The van der Waals surface area contributed by atoms with Crippen LogP contribution in [0, 0.1) is 0 Å². The summed E-state index contributed by atoms with van der Waals surface area (Å²) >= 11 is 0. The Morgan fingerprint density at radius 2 is 1.58 bits per heavy atom. The summed E-state index contributed by atoms with van der Waals surface area (Å²) in [4.78, 5) is 27.8. The first-order valence-electron chi connectivity index (χ1n) is 8.08. The van der Waals surface area contributed by atoms with Crippen LogP contribution in [0.5, 0.6) is 5.75 Å². The Hall–Kier alpha value is -3.35. The van der Waals surface area contributed by atoms with Crippen LogP contribution < -0.4 is 21.9 Å². The van der Waals surface area contributed by atoms with E-state index >= 15 is 0 Å². The van der Waals surface area contributed by atoms with Gasteiger partial charge in [-0.3, -0.25) is 4.79 Å². The summed E-state index contributed by atoms with van der Waals surface area (Å²) in [5.41, 5.74) is 17.0. The number of rotatable bonds is 6. The predicted octanol–water partition coefficient (Wildman–Crippen LogP) is 1.96. The van der Waals surface area contributed by atoms with Gasteiger partial charge in [0.2, 0.25) is 5.91 Å². The van der Waals surface area contributed by atoms with E-state index in [-0.39, 0.29) is 5.96 Å². The van der Waals surface area contributed by atoms with E-state index in [1.807, 2.05) is 6.92 Å². The highest BCUT2D eigenvalue weighted by molar-refractivity contribution is 5.91. The molecule has 26 heavy (non-hydrogen) atoms. The number of amides is 1. The van der Waals surface area contributed by atoms with Crippen molar-refractivity contribution in [1.29, 1.82) is 0 Å². The third kappa shape index (κ3) is 4.18. The molecule has 0 aliphatic carbocycles. The summed E-state index contributed by atoms with van der Waals surface area (Å²) < 4.78 is 5.34. The number of aliphatic imine (C=N–C) groups is 1. The first kappa shape index (κ1) is 19.0. The van der Waals surface area contributed by atoms with Crippen LogP contribution >= 0.6 is 0 Å². The number of nitrogens with zero attached hydrogens (tertiary/aromatic N) is 1. The number of esters is 1. The fourth-order valence-corrected chi connectivity index (χ4v) is 2.40. The van der Waals surface area contributed by atoms with E-state index in [1.165, 1.54) is 0 Å². The van der Waals surface area contributed by atoms with E-state index in [9.17, 15) is 9.59 Å². The van der Waals surface area contributed by atoms with E-state index in [2.05, 4.69) is 4.99 Å². The Labute approximate surface area is 151 Å². The van der Waals surface area contributed by atoms with Gasteiger partial charge in [-0.1, -0.05) is 19.1 Å². The molecule has 0 saturated carbocycles. The fourth-order valence-electron chi connectivity index (χ4n) is 2.40. The van der Waals surface area contributed by atoms with Crippen LogP contribution in [-0.2, 0) is 10.2 Å². The summed E-state index contributed by atoms with van der Waals surface area (Å²) in [5, 5.41) is 0. The molecule has 7 heteroatoms. The van der Waals surface area contributed by atoms with Crippen LogP contribution in [0.3, 0.4) is 0 Å². The number of nitrogens with two attached hydrogens (primary N) is 3. The molecule has 0 fully saturated rings. The van der Waals surface area contributed by atoms with Gasteiger partial charge in [0, 0.05) is 0 Å². The molecule has 0 saturated heterocycles. The topological polar surface area (TPSA) is 134 Å². The standard InChI is InChI=1S/C19H22N4O3/c1-3-19(2,17(20)25)13-6-10-15(11-7-13)26-16(24)12-4-8-14(9-5-12)23-18(21)22/h4-11H,3H2,1-2H3,(H2,20,25)(H4,21,22,23). The van der Waals surface area contributed by atoms with Gasteiger partial charge in [-0.05, 0) is 55.3 Å². The number of ether oxygens (including phenoxy) is 1. The maximum atomic E-state index is 12.2. The zero-order valence-electron chi connectivity index (χ0n) is 14.7. The average molecular weight is 354 g/mol. The van der Waals surface area contributed by atoms with Gasteiger partial charge in [0.25, 0.3) is 0 Å². The number of guanidine groups is 1. The summed E-state index contributed by atoms with van der Waals surface area (Å²) in [5.74, 6) is -0.599. The maximum absolute atomic E-state index is 12.2. The molecular weight excluding hydrogens is 332 g/mol. The second-order valence-corrected chi connectivity index (χ2v) is 6.05. The third-order valence-corrected chi connectivity index (χ3v) is 4.31. The monoisotopic (exact) mass is 354 g/mol. The highest BCUT2D eigenvalue weighted by atomic mass is 16.5. The van der Waals surface area contributed by atoms with Crippen LogP contribution in [0.1, 0.15) is 36.2 Å². The van der Waals surface area contributed by atoms with E-state index < -0.39 is 17.3 Å². The molecule has 0 aliphatic rings. The van der Waals surface area contributed by atoms with Crippen molar-refractivity contribution < 1.29 is 14.3 Å². The third-order valence-electron chi connectivity index (χ3n) is 4.31. The SMILES string of the molecule is CCC(C)(C(N)=O)c1ccc(OC(=O)c2ccc(N=C(N)N)cc2)cc1. The maximum Gasteiger partial charge on any atom is 0.343 e. The molecular formula is C19H22N4O3. The molecule has 7 nitrogen and oxygen atoms in total. The van der Waals surface area contributed by atoms with Gasteiger partial charge in [-0.2, -0.15) is 0 Å². The summed E-state index contributed by atoms with van der Waals surface area (Å²) in [7, 11) is 0. The molecule has 1 amide bonds. The van der Waals surface area contributed by atoms with Crippen molar-refractivity contribution in [3.05, 3.63) is 59.7 Å². The lowest BCUT2D eigenvalue weighted by Crippen LogP contribution is -2.37. The summed E-state index contributed by atoms with van der Waals surface area (Å²) in [6.45, 7) is 3.68. The molecule has 1 unspecified atom stereocenters. The molecule has 0 aromatic heterocycles. The Balaban J connectivity index is 2.12. The highest BCUT2D eigenvalue weighted by Gasteiger charge is 2.31. The van der Waals surface area contributed by atoms with Gasteiger partial charge < -0.3 is 21.9 Å². The van der Waals surface area contributed by atoms with Gasteiger partial charge in [-0.15, -0.1) is 0 Å². The Morgan fingerprint density at radius 3 is 2.04 bits per heavy atom. The van der Waals surface area contributed by atoms with Crippen LogP contribution in [0.4, 0.5) is 5.69 Å². The molecule has 0 radical (unpaired) electrons. The van der Waals surface area contributed by atoms with Crippen LogP contribution in [-0.4, -0.2) is 17.8 Å². The summed E-state index contributed by atoms with van der Waals surface area (Å²) in [6.07, 6.45) is 0.573. The average Bonchev–Trinajstić information content (AvgIpc) is 2.61. The number of hydrogen-bond acceptors (Lipinski definition) is 4. The van der Waals surface area contributed by atoms with Crippen molar-refractivity contribution in [2.45, 2.75) is 25.7 Å². The smallest absolute Gasteiger partial charge is 0.343 e. The first-order valence-corrected chi connectivity index (χ1v) is 8.08. The van der Waals surface area contributed by atoms with Crippen molar-refractivity contribution in [1.82, 2.24) is 0 Å². The molecule has 0 heterocycles. The zero-order valence-corrected chi connectivity index (χ0v) is 14.7. The minimum absolute atomic E-state index is 0.0598. The van der Waals surface area contributed by atoms with Crippen molar-refractivity contribution >= 4 is 23.5 Å². The van der Waals surface area contributed by atoms with E-state index in [0.29, 0.717) is 23.4 Å². The lowest BCUT2D eigenvalue weighted by molar-refractivity contribution is -0.123. The Kier molecular flexibility index (Phi) is 5.61. The van der Waals surface area contributed by atoms with Crippen molar-refractivity contribution in [2.24, 2.45) is 22.2 Å². The molecule has 136 valence electrons. The highest BCUT2D eigenvalue weighted by Crippen LogP contribution is 2.28. The van der Waals surface area contributed by atoms with Gasteiger partial charge in [0.1, 0.15) is 5.75 Å². The largest absolute Gasteiger partial charge is 0.423 e. The van der Waals surface area contributed by atoms with Crippen molar-refractivity contribution in [3.8, 4) is 5.75 Å². The Morgan fingerprint density at radius 1 is 1.00 bits per heavy atom. The number of hydrogen-bond donors (Lipinski definition) is 3. The Bertz CT molecular complexity index is 825. The van der Waals surface area contributed by atoms with Gasteiger partial charge in [0.15, 0.2) is 5.96 Å². The minimum atomic E-state index is -0.760. The number of primary amides is 1. The fraction of sp³-hybridized carbons (Fsp3) is 0.211. The van der Waals surface area contributed by atoms with Gasteiger partial charge >= 0.3 is 5.97 Å². The molecule has 0 bridgehead atoms. The molecule has 1 atom stereocenters. The zero-order chi connectivity index (χ0) is 19.3. The lowest BCUT2D eigenvalue weighted by atomic mass is 9.79. The van der Waals surface area contributed by atoms with E-state index in [0.717, 1.165) is 5.56 Å². The van der Waals surface area contributed by atoms with Crippen LogP contribution in [0.15, 0.2) is 53.5 Å². The first-order chi connectivity index (χ1) is 12.3. The predicted molar refractivity (Wildman–Crippen MR) is 100 cm³/mol. The summed E-state index contributed by atoms with van der Waals surface area (Å²) in [6, 6.07) is 13.1. The lowest BCUT2D eigenvalue weighted by Gasteiger charge is -2.24. The van der Waals surface area contributed by atoms with Gasteiger partial charge in [0.05, 0.1) is 16.7 Å². The van der Waals surface area contributed by atoms with Crippen molar-refractivity contribution in [2.75, 3.05) is 0 Å². The molecule has 0 spiro atoms. The molecule has 2 aromatic rings. The number of carbonyl (C=O) groups is 2. The number of carbonyl (C=O) groups excluding carboxylic acids is 2. The van der Waals surface area contributed by atoms with Crippen molar-refractivity contribution in [3.63, 3.8) is 0 Å². The van der Waals surface area contributed by atoms with Crippen LogP contribution in [0.2, 0.25) is 0 Å². The molecule has 0 aliphatic heterocycles. The van der Waals surface area contributed by atoms with E-state index in [4.69, 9.17) is 21.9 Å². The van der Waals surface area contributed by atoms with Crippen LogP contribution in [0.25, 0.3) is 0 Å². The minimum Gasteiger partial charge on any atom is -0.423 e. The second kappa shape index (κ2) is 7.69. The molecule has 2 rings (SSSR count). The van der Waals surface area contributed by atoms with Gasteiger partial charge in [-0.25, -0.2) is 9.79 Å². The number of benzene rings is 2. The molecule has 6 N–H and O–H groups in total.